The van der Waals surface area contributed by atoms with E-state index >= 15 is 0 Å². The molecule has 0 amide bonds. The van der Waals surface area contributed by atoms with E-state index in [1.165, 1.54) is 0 Å². The predicted octanol–water partition coefficient (Wildman–Crippen LogP) is 4.03. The van der Waals surface area contributed by atoms with E-state index in [9.17, 15) is 0 Å². The van der Waals surface area contributed by atoms with E-state index in [0.717, 1.165) is 42.2 Å². The van der Waals surface area contributed by atoms with Crippen molar-refractivity contribution in [1.29, 1.82) is 0 Å². The van der Waals surface area contributed by atoms with Crippen LogP contribution in [0.4, 0.5) is 5.82 Å². The van der Waals surface area contributed by atoms with Gasteiger partial charge in [-0.25, -0.2) is 9.97 Å². The van der Waals surface area contributed by atoms with Gasteiger partial charge in [0.25, 0.3) is 0 Å². The lowest BCUT2D eigenvalue weighted by Gasteiger charge is -2.16. The van der Waals surface area contributed by atoms with E-state index in [4.69, 9.17) is 16.0 Å². The molecule has 0 fully saturated rings. The zero-order valence-corrected chi connectivity index (χ0v) is 12.9. The second kappa shape index (κ2) is 6.75. The second-order valence-electron chi connectivity index (χ2n) is 4.98. The molecule has 0 aliphatic rings. The summed E-state index contributed by atoms with van der Waals surface area (Å²) in [5.41, 5.74) is 0.887. The summed E-state index contributed by atoms with van der Waals surface area (Å²) in [6.07, 6.45) is 4.33. The molecule has 2 aromatic rings. The fourth-order valence-electron chi connectivity index (χ4n) is 2.02. The average Bonchev–Trinajstić information content (AvgIpc) is 2.88. The number of furan rings is 1. The summed E-state index contributed by atoms with van der Waals surface area (Å²) >= 11 is 6.17. The van der Waals surface area contributed by atoms with Crippen LogP contribution in [0.1, 0.15) is 37.4 Å². The van der Waals surface area contributed by atoms with E-state index in [-0.39, 0.29) is 6.04 Å². The maximum absolute atomic E-state index is 6.17. The molecule has 1 unspecified atom stereocenters. The first kappa shape index (κ1) is 14.9. The Labute approximate surface area is 124 Å². The van der Waals surface area contributed by atoms with Gasteiger partial charge in [0.05, 0.1) is 6.26 Å². The van der Waals surface area contributed by atoms with Gasteiger partial charge in [-0.3, -0.25) is 0 Å². The average molecular weight is 294 g/mol. The molecule has 0 spiro atoms. The SMILES string of the molecule is CCCc1nc(Cl)c(C)c(NC(C)Cc2ccco2)n1. The smallest absolute Gasteiger partial charge is 0.137 e. The Morgan fingerprint density at radius 1 is 1.40 bits per heavy atom. The summed E-state index contributed by atoms with van der Waals surface area (Å²) in [4.78, 5) is 8.86. The van der Waals surface area contributed by atoms with Gasteiger partial charge in [0.1, 0.15) is 22.6 Å². The van der Waals surface area contributed by atoms with Gasteiger partial charge in [0.15, 0.2) is 0 Å². The first-order valence-electron chi connectivity index (χ1n) is 6.92. The van der Waals surface area contributed by atoms with Crippen LogP contribution in [0.5, 0.6) is 0 Å². The standard InChI is InChI=1S/C15H20ClN3O/c1-4-6-13-18-14(16)11(3)15(19-13)17-10(2)9-12-7-5-8-20-12/h5,7-8,10H,4,6,9H2,1-3H3,(H,17,18,19). The number of aryl methyl sites for hydroxylation is 1. The van der Waals surface area contributed by atoms with E-state index in [0.29, 0.717) is 5.15 Å². The molecular formula is C15H20ClN3O. The number of rotatable bonds is 6. The molecular weight excluding hydrogens is 274 g/mol. The Morgan fingerprint density at radius 3 is 2.85 bits per heavy atom. The fourth-order valence-corrected chi connectivity index (χ4v) is 2.21. The fraction of sp³-hybridized carbons (Fsp3) is 0.467. The third-order valence-corrected chi connectivity index (χ3v) is 3.44. The molecule has 2 rings (SSSR count). The first-order valence-corrected chi connectivity index (χ1v) is 7.30. The molecule has 108 valence electrons. The minimum absolute atomic E-state index is 0.209. The van der Waals surface area contributed by atoms with Crippen molar-refractivity contribution < 1.29 is 4.42 Å². The summed E-state index contributed by atoms with van der Waals surface area (Å²) in [5, 5.41) is 3.92. The monoisotopic (exact) mass is 293 g/mol. The van der Waals surface area contributed by atoms with Gasteiger partial charge >= 0.3 is 0 Å². The highest BCUT2D eigenvalue weighted by Gasteiger charge is 2.12. The van der Waals surface area contributed by atoms with Crippen LogP contribution in [-0.4, -0.2) is 16.0 Å². The van der Waals surface area contributed by atoms with Crippen LogP contribution in [0.15, 0.2) is 22.8 Å². The molecule has 0 saturated heterocycles. The number of aromatic nitrogens is 2. The molecule has 4 nitrogen and oxygen atoms in total. The number of hydrogen-bond acceptors (Lipinski definition) is 4. The number of halogens is 1. The van der Waals surface area contributed by atoms with Gasteiger partial charge in [-0.2, -0.15) is 0 Å². The van der Waals surface area contributed by atoms with Crippen molar-refractivity contribution >= 4 is 17.4 Å². The molecule has 0 bridgehead atoms. The Balaban J connectivity index is 2.11. The first-order chi connectivity index (χ1) is 9.60. The zero-order chi connectivity index (χ0) is 14.5. The Morgan fingerprint density at radius 2 is 2.20 bits per heavy atom. The molecule has 2 heterocycles. The van der Waals surface area contributed by atoms with Crippen LogP contribution < -0.4 is 5.32 Å². The lowest BCUT2D eigenvalue weighted by molar-refractivity contribution is 0.497. The Hall–Kier alpha value is -1.55. The van der Waals surface area contributed by atoms with Gasteiger partial charge in [-0.05, 0) is 32.4 Å². The zero-order valence-electron chi connectivity index (χ0n) is 12.1. The maximum Gasteiger partial charge on any atom is 0.137 e. The Bertz CT molecular complexity index is 554. The largest absolute Gasteiger partial charge is 0.469 e. The topological polar surface area (TPSA) is 51.0 Å². The molecule has 0 aliphatic carbocycles. The lowest BCUT2D eigenvalue weighted by Crippen LogP contribution is -2.20. The van der Waals surface area contributed by atoms with Crippen LogP contribution in [0.2, 0.25) is 5.15 Å². The van der Waals surface area contributed by atoms with Gasteiger partial charge in [0, 0.05) is 24.4 Å². The van der Waals surface area contributed by atoms with Gasteiger partial charge < -0.3 is 9.73 Å². The van der Waals surface area contributed by atoms with Crippen molar-refractivity contribution in [3.05, 3.63) is 40.7 Å². The molecule has 0 radical (unpaired) electrons. The summed E-state index contributed by atoms with van der Waals surface area (Å²) in [6, 6.07) is 4.08. The number of hydrogen-bond donors (Lipinski definition) is 1. The van der Waals surface area contributed by atoms with Crippen LogP contribution in [0.25, 0.3) is 0 Å². The van der Waals surface area contributed by atoms with Crippen LogP contribution in [-0.2, 0) is 12.8 Å². The normalized spacial score (nSPS) is 12.4. The minimum Gasteiger partial charge on any atom is -0.469 e. The molecule has 0 aromatic carbocycles. The number of nitrogens with one attached hydrogen (secondary N) is 1. The molecule has 0 saturated carbocycles. The van der Waals surface area contributed by atoms with Crippen molar-refractivity contribution in [1.82, 2.24) is 9.97 Å². The lowest BCUT2D eigenvalue weighted by atomic mass is 10.2. The van der Waals surface area contributed by atoms with Crippen LogP contribution in [0, 0.1) is 6.92 Å². The quantitative estimate of drug-likeness (QED) is 0.817. The van der Waals surface area contributed by atoms with Crippen molar-refractivity contribution in [3.63, 3.8) is 0 Å². The summed E-state index contributed by atoms with van der Waals surface area (Å²) < 4.78 is 5.36. The molecule has 2 aromatic heterocycles. The highest BCUT2D eigenvalue weighted by atomic mass is 35.5. The number of nitrogens with zero attached hydrogens (tertiary/aromatic N) is 2. The van der Waals surface area contributed by atoms with Gasteiger partial charge in [0.2, 0.25) is 0 Å². The summed E-state index contributed by atoms with van der Waals surface area (Å²) in [6.45, 7) is 6.13. The highest BCUT2D eigenvalue weighted by Crippen LogP contribution is 2.21. The predicted molar refractivity (Wildman–Crippen MR) is 81.3 cm³/mol. The molecule has 1 atom stereocenters. The molecule has 1 N–H and O–H groups in total. The molecule has 5 heteroatoms. The van der Waals surface area contributed by atoms with Crippen LogP contribution >= 0.6 is 11.6 Å². The molecule has 20 heavy (non-hydrogen) atoms. The Kier molecular flexibility index (Phi) is 5.01. The van der Waals surface area contributed by atoms with Gasteiger partial charge in [-0.15, -0.1) is 0 Å². The number of anilines is 1. The summed E-state index contributed by atoms with van der Waals surface area (Å²) in [7, 11) is 0. The van der Waals surface area contributed by atoms with E-state index < -0.39 is 0 Å². The van der Waals surface area contributed by atoms with Crippen molar-refractivity contribution in [2.45, 2.75) is 46.1 Å². The van der Waals surface area contributed by atoms with E-state index in [1.54, 1.807) is 6.26 Å². The summed E-state index contributed by atoms with van der Waals surface area (Å²) in [5.74, 6) is 2.56. The molecule has 0 aliphatic heterocycles. The van der Waals surface area contributed by atoms with Crippen molar-refractivity contribution in [2.75, 3.05) is 5.32 Å². The van der Waals surface area contributed by atoms with Crippen molar-refractivity contribution in [2.24, 2.45) is 0 Å². The van der Waals surface area contributed by atoms with E-state index in [2.05, 4.69) is 29.1 Å². The van der Waals surface area contributed by atoms with Crippen LogP contribution in [0.3, 0.4) is 0 Å². The van der Waals surface area contributed by atoms with Crippen molar-refractivity contribution in [3.8, 4) is 0 Å². The third kappa shape index (κ3) is 3.73. The van der Waals surface area contributed by atoms with Gasteiger partial charge in [-0.1, -0.05) is 18.5 Å². The second-order valence-corrected chi connectivity index (χ2v) is 5.34. The maximum atomic E-state index is 6.17. The van der Waals surface area contributed by atoms with E-state index in [1.807, 2.05) is 19.1 Å². The minimum atomic E-state index is 0.209. The highest BCUT2D eigenvalue weighted by molar-refractivity contribution is 6.30. The third-order valence-electron chi connectivity index (χ3n) is 3.08.